The number of anilines is 3. The molecule has 0 spiro atoms. The Morgan fingerprint density at radius 1 is 1.20 bits per heavy atom. The average molecular weight is 381 g/mol. The maximum atomic E-state index is 11.7. The zero-order valence-electron chi connectivity index (χ0n) is 11.1. The van der Waals surface area contributed by atoms with Gasteiger partial charge in [0.15, 0.2) is 0 Å². The molecule has 0 aliphatic heterocycles. The van der Waals surface area contributed by atoms with E-state index in [-0.39, 0.29) is 5.91 Å². The Morgan fingerprint density at radius 2 is 1.95 bits per heavy atom. The van der Waals surface area contributed by atoms with Crippen LogP contribution in [0.4, 0.5) is 17.1 Å². The van der Waals surface area contributed by atoms with Crippen LogP contribution in [0.1, 0.15) is 17.3 Å². The molecule has 0 saturated heterocycles. The first-order valence-corrected chi connectivity index (χ1v) is 7.39. The normalized spacial score (nSPS) is 10.1. The molecule has 0 aliphatic rings. The van der Waals surface area contributed by atoms with Gasteiger partial charge in [-0.1, -0.05) is 12.1 Å². The summed E-state index contributed by atoms with van der Waals surface area (Å²) in [6.45, 7) is 2.48. The number of rotatable bonds is 4. The number of nitrogen functional groups attached to an aromatic ring is 1. The van der Waals surface area contributed by atoms with Crippen molar-refractivity contribution < 1.29 is 4.79 Å². The summed E-state index contributed by atoms with van der Waals surface area (Å²) in [5, 5.41) is 6.03. The molecule has 0 fully saturated rings. The van der Waals surface area contributed by atoms with Gasteiger partial charge in [0.25, 0.3) is 5.91 Å². The molecule has 0 bridgehead atoms. The lowest BCUT2D eigenvalue weighted by atomic mass is 10.1. The van der Waals surface area contributed by atoms with Crippen molar-refractivity contribution in [1.82, 2.24) is 5.32 Å². The van der Waals surface area contributed by atoms with Crippen molar-refractivity contribution >= 4 is 45.6 Å². The lowest BCUT2D eigenvalue weighted by Gasteiger charge is -2.12. The van der Waals surface area contributed by atoms with Crippen LogP contribution >= 0.6 is 22.6 Å². The number of carbonyl (C=O) groups excluding carboxylic acids is 1. The summed E-state index contributed by atoms with van der Waals surface area (Å²) in [7, 11) is 0. The van der Waals surface area contributed by atoms with Gasteiger partial charge in [-0.05, 0) is 59.8 Å². The SMILES string of the molecule is CCNC(=O)c1ccc(Nc2ccccc2I)c(N)c1. The molecule has 104 valence electrons. The zero-order valence-corrected chi connectivity index (χ0v) is 13.3. The van der Waals surface area contributed by atoms with E-state index >= 15 is 0 Å². The lowest BCUT2D eigenvalue weighted by molar-refractivity contribution is 0.0956. The first kappa shape index (κ1) is 14.6. The smallest absolute Gasteiger partial charge is 0.251 e. The van der Waals surface area contributed by atoms with E-state index in [0.717, 1.165) is 14.9 Å². The van der Waals surface area contributed by atoms with E-state index in [1.54, 1.807) is 12.1 Å². The van der Waals surface area contributed by atoms with E-state index in [9.17, 15) is 4.79 Å². The fraction of sp³-hybridized carbons (Fsp3) is 0.133. The number of amides is 1. The number of nitrogens with two attached hydrogens (primary N) is 1. The summed E-state index contributed by atoms with van der Waals surface area (Å²) in [5.41, 5.74) is 8.91. The maximum absolute atomic E-state index is 11.7. The van der Waals surface area contributed by atoms with Gasteiger partial charge >= 0.3 is 0 Å². The molecular weight excluding hydrogens is 365 g/mol. The highest BCUT2D eigenvalue weighted by Crippen LogP contribution is 2.27. The third-order valence-electron chi connectivity index (χ3n) is 2.79. The molecule has 1 amide bonds. The molecule has 0 atom stereocenters. The molecule has 5 heteroatoms. The Morgan fingerprint density at radius 3 is 2.60 bits per heavy atom. The fourth-order valence-electron chi connectivity index (χ4n) is 1.79. The van der Waals surface area contributed by atoms with Crippen molar-refractivity contribution in [2.24, 2.45) is 0 Å². The third-order valence-corrected chi connectivity index (χ3v) is 3.73. The summed E-state index contributed by atoms with van der Waals surface area (Å²) < 4.78 is 1.11. The minimum atomic E-state index is -0.111. The first-order valence-electron chi connectivity index (χ1n) is 6.31. The molecule has 0 aliphatic carbocycles. The predicted octanol–water partition coefficient (Wildman–Crippen LogP) is 3.37. The lowest BCUT2D eigenvalue weighted by Crippen LogP contribution is -2.22. The van der Waals surface area contributed by atoms with Crippen molar-refractivity contribution in [3.8, 4) is 0 Å². The standard InChI is InChI=1S/C15H16IN3O/c1-2-18-15(20)10-7-8-14(12(17)9-10)19-13-6-4-3-5-11(13)16/h3-9,19H,2,17H2,1H3,(H,18,20). The van der Waals surface area contributed by atoms with Gasteiger partial charge in [0.05, 0.1) is 17.1 Å². The van der Waals surface area contributed by atoms with Crippen LogP contribution < -0.4 is 16.4 Å². The predicted molar refractivity (Wildman–Crippen MR) is 91.3 cm³/mol. The van der Waals surface area contributed by atoms with Gasteiger partial charge in [0.2, 0.25) is 0 Å². The fourth-order valence-corrected chi connectivity index (χ4v) is 2.31. The maximum Gasteiger partial charge on any atom is 0.251 e. The monoisotopic (exact) mass is 381 g/mol. The van der Waals surface area contributed by atoms with Crippen LogP contribution in [0.25, 0.3) is 0 Å². The molecular formula is C15H16IN3O. The van der Waals surface area contributed by atoms with Gasteiger partial charge in [-0.3, -0.25) is 4.79 Å². The Balaban J connectivity index is 2.22. The topological polar surface area (TPSA) is 67.2 Å². The quantitative estimate of drug-likeness (QED) is 0.562. The molecule has 2 aromatic carbocycles. The van der Waals surface area contributed by atoms with Crippen molar-refractivity contribution in [3.05, 3.63) is 51.6 Å². The Hall–Kier alpha value is -1.76. The zero-order chi connectivity index (χ0) is 14.5. The van der Waals surface area contributed by atoms with Crippen molar-refractivity contribution in [2.75, 3.05) is 17.6 Å². The molecule has 0 heterocycles. The van der Waals surface area contributed by atoms with Gasteiger partial charge in [-0.25, -0.2) is 0 Å². The van der Waals surface area contributed by atoms with Crippen LogP contribution in [0.3, 0.4) is 0 Å². The van der Waals surface area contributed by atoms with Gasteiger partial charge < -0.3 is 16.4 Å². The van der Waals surface area contributed by atoms with Crippen LogP contribution in [0.2, 0.25) is 0 Å². The van der Waals surface area contributed by atoms with Gasteiger partial charge in [0.1, 0.15) is 0 Å². The van der Waals surface area contributed by atoms with Crippen molar-refractivity contribution in [3.63, 3.8) is 0 Å². The summed E-state index contributed by atoms with van der Waals surface area (Å²) in [4.78, 5) is 11.7. The Kier molecular flexibility index (Phi) is 4.84. The second kappa shape index (κ2) is 6.60. The largest absolute Gasteiger partial charge is 0.397 e. The Bertz CT molecular complexity index is 628. The van der Waals surface area contributed by atoms with Gasteiger partial charge in [0, 0.05) is 15.7 Å². The highest BCUT2D eigenvalue weighted by Gasteiger charge is 2.08. The molecule has 4 nitrogen and oxygen atoms in total. The molecule has 2 aromatic rings. The average Bonchev–Trinajstić information content (AvgIpc) is 2.43. The van der Waals surface area contributed by atoms with Crippen molar-refractivity contribution in [1.29, 1.82) is 0 Å². The van der Waals surface area contributed by atoms with Crippen LogP contribution in [-0.2, 0) is 0 Å². The highest BCUT2D eigenvalue weighted by atomic mass is 127. The number of carbonyl (C=O) groups is 1. The minimum Gasteiger partial charge on any atom is -0.397 e. The second-order valence-electron chi connectivity index (χ2n) is 4.27. The summed E-state index contributed by atoms with van der Waals surface area (Å²) >= 11 is 2.26. The second-order valence-corrected chi connectivity index (χ2v) is 5.43. The van der Waals surface area contributed by atoms with E-state index in [1.807, 2.05) is 37.3 Å². The number of hydrogen-bond acceptors (Lipinski definition) is 3. The van der Waals surface area contributed by atoms with E-state index < -0.39 is 0 Å². The summed E-state index contributed by atoms with van der Waals surface area (Å²) in [5.74, 6) is -0.111. The van der Waals surface area contributed by atoms with E-state index in [0.29, 0.717) is 17.8 Å². The summed E-state index contributed by atoms with van der Waals surface area (Å²) in [6, 6.07) is 13.2. The van der Waals surface area contributed by atoms with Crippen LogP contribution in [0, 0.1) is 3.57 Å². The third kappa shape index (κ3) is 3.41. The van der Waals surface area contributed by atoms with E-state index in [2.05, 4.69) is 33.2 Å². The minimum absolute atomic E-state index is 0.111. The van der Waals surface area contributed by atoms with Crippen LogP contribution in [-0.4, -0.2) is 12.5 Å². The number of halogens is 1. The molecule has 2 rings (SSSR count). The van der Waals surface area contributed by atoms with Crippen molar-refractivity contribution in [2.45, 2.75) is 6.92 Å². The number of hydrogen-bond donors (Lipinski definition) is 3. The van der Waals surface area contributed by atoms with E-state index in [4.69, 9.17) is 5.73 Å². The van der Waals surface area contributed by atoms with Crippen LogP contribution in [0.5, 0.6) is 0 Å². The van der Waals surface area contributed by atoms with Gasteiger partial charge in [-0.2, -0.15) is 0 Å². The molecule has 20 heavy (non-hydrogen) atoms. The van der Waals surface area contributed by atoms with Gasteiger partial charge in [-0.15, -0.1) is 0 Å². The number of para-hydroxylation sites is 1. The number of nitrogens with one attached hydrogen (secondary N) is 2. The molecule has 0 unspecified atom stereocenters. The van der Waals surface area contributed by atoms with Crippen LogP contribution in [0.15, 0.2) is 42.5 Å². The first-order chi connectivity index (χ1) is 9.61. The van der Waals surface area contributed by atoms with E-state index in [1.165, 1.54) is 0 Å². The highest BCUT2D eigenvalue weighted by molar-refractivity contribution is 14.1. The molecule has 0 aromatic heterocycles. The number of benzene rings is 2. The molecule has 4 N–H and O–H groups in total. The molecule has 0 radical (unpaired) electrons. The Labute approximate surface area is 131 Å². The summed E-state index contributed by atoms with van der Waals surface area (Å²) in [6.07, 6.45) is 0. The molecule has 0 saturated carbocycles.